The maximum atomic E-state index is 3.42. The first kappa shape index (κ1) is 15.3. The van der Waals surface area contributed by atoms with E-state index in [2.05, 4.69) is 54.8 Å². The smallest absolute Gasteiger partial charge is 0.00778 e. The molecule has 0 saturated heterocycles. The molecule has 1 nitrogen and oxygen atoms in total. The third kappa shape index (κ3) is 2.84. The SMILES string of the molecule is CNCC1(c2ccc3ccccc3c2)CCCCC1.Cl. The lowest BCUT2D eigenvalue weighted by Gasteiger charge is -2.38. The lowest BCUT2D eigenvalue weighted by molar-refractivity contribution is 0.286. The van der Waals surface area contributed by atoms with Gasteiger partial charge in [0.15, 0.2) is 0 Å². The van der Waals surface area contributed by atoms with Crippen LogP contribution in [0.4, 0.5) is 0 Å². The number of halogens is 1. The zero-order chi connectivity index (χ0) is 13.1. The Labute approximate surface area is 128 Å². The summed E-state index contributed by atoms with van der Waals surface area (Å²) in [5, 5.41) is 6.15. The molecule has 1 N–H and O–H groups in total. The summed E-state index contributed by atoms with van der Waals surface area (Å²) in [6, 6.07) is 15.7. The fourth-order valence-electron chi connectivity index (χ4n) is 3.65. The van der Waals surface area contributed by atoms with E-state index < -0.39 is 0 Å². The highest BCUT2D eigenvalue weighted by Crippen LogP contribution is 2.39. The van der Waals surface area contributed by atoms with Crippen LogP contribution in [0.5, 0.6) is 0 Å². The van der Waals surface area contributed by atoms with Gasteiger partial charge < -0.3 is 5.32 Å². The van der Waals surface area contributed by atoms with Crippen LogP contribution in [0.2, 0.25) is 0 Å². The van der Waals surface area contributed by atoms with Gasteiger partial charge in [-0.25, -0.2) is 0 Å². The molecule has 0 heterocycles. The molecule has 2 aromatic rings. The van der Waals surface area contributed by atoms with Crippen molar-refractivity contribution in [1.29, 1.82) is 0 Å². The highest BCUT2D eigenvalue weighted by Gasteiger charge is 2.33. The number of rotatable bonds is 3. The monoisotopic (exact) mass is 289 g/mol. The molecular weight excluding hydrogens is 266 g/mol. The second kappa shape index (κ2) is 6.60. The molecule has 108 valence electrons. The van der Waals surface area contributed by atoms with E-state index >= 15 is 0 Å². The Balaban J connectivity index is 0.00000147. The molecule has 0 atom stereocenters. The number of benzene rings is 2. The predicted molar refractivity (Wildman–Crippen MR) is 89.9 cm³/mol. The summed E-state index contributed by atoms with van der Waals surface area (Å²) in [6.45, 7) is 1.10. The lowest BCUT2D eigenvalue weighted by Crippen LogP contribution is -2.38. The number of hydrogen-bond acceptors (Lipinski definition) is 1. The van der Waals surface area contributed by atoms with Crippen molar-refractivity contribution in [3.63, 3.8) is 0 Å². The van der Waals surface area contributed by atoms with E-state index in [4.69, 9.17) is 0 Å². The molecule has 2 heteroatoms. The Morgan fingerprint density at radius 1 is 0.950 bits per heavy atom. The summed E-state index contributed by atoms with van der Waals surface area (Å²) in [5.41, 5.74) is 1.89. The van der Waals surface area contributed by atoms with Crippen LogP contribution in [0.15, 0.2) is 42.5 Å². The average Bonchev–Trinajstić information content (AvgIpc) is 2.48. The lowest BCUT2D eigenvalue weighted by atomic mass is 9.69. The van der Waals surface area contributed by atoms with E-state index in [0.29, 0.717) is 5.41 Å². The van der Waals surface area contributed by atoms with Crippen molar-refractivity contribution in [3.05, 3.63) is 48.0 Å². The Morgan fingerprint density at radius 3 is 2.35 bits per heavy atom. The minimum absolute atomic E-state index is 0. The van der Waals surface area contributed by atoms with Crippen molar-refractivity contribution in [1.82, 2.24) is 5.32 Å². The van der Waals surface area contributed by atoms with Crippen LogP contribution in [0.3, 0.4) is 0 Å². The van der Waals surface area contributed by atoms with Crippen molar-refractivity contribution >= 4 is 23.2 Å². The van der Waals surface area contributed by atoms with Gasteiger partial charge in [-0.3, -0.25) is 0 Å². The summed E-state index contributed by atoms with van der Waals surface area (Å²) in [4.78, 5) is 0. The summed E-state index contributed by atoms with van der Waals surface area (Å²) in [7, 11) is 2.08. The molecule has 1 aliphatic rings. The summed E-state index contributed by atoms with van der Waals surface area (Å²) in [5.74, 6) is 0. The van der Waals surface area contributed by atoms with Gasteiger partial charge in [0.1, 0.15) is 0 Å². The highest BCUT2D eigenvalue weighted by molar-refractivity contribution is 5.85. The van der Waals surface area contributed by atoms with Crippen LogP contribution < -0.4 is 5.32 Å². The molecule has 2 aromatic carbocycles. The molecular formula is C18H24ClN. The largest absolute Gasteiger partial charge is 0.319 e. The molecule has 0 aromatic heterocycles. The minimum atomic E-state index is 0. The van der Waals surface area contributed by atoms with Gasteiger partial charge in [-0.05, 0) is 36.2 Å². The second-order valence-electron chi connectivity index (χ2n) is 5.93. The molecule has 0 amide bonds. The zero-order valence-corrected chi connectivity index (χ0v) is 13.0. The molecule has 20 heavy (non-hydrogen) atoms. The second-order valence-corrected chi connectivity index (χ2v) is 5.93. The van der Waals surface area contributed by atoms with Gasteiger partial charge in [0.25, 0.3) is 0 Å². The van der Waals surface area contributed by atoms with Crippen LogP contribution in [-0.2, 0) is 5.41 Å². The van der Waals surface area contributed by atoms with Gasteiger partial charge in [-0.2, -0.15) is 0 Å². The normalized spacial score (nSPS) is 17.6. The molecule has 1 aliphatic carbocycles. The van der Waals surface area contributed by atoms with Crippen LogP contribution >= 0.6 is 12.4 Å². The first-order valence-corrected chi connectivity index (χ1v) is 7.48. The van der Waals surface area contributed by atoms with E-state index in [1.807, 2.05) is 0 Å². The molecule has 0 bridgehead atoms. The van der Waals surface area contributed by atoms with E-state index in [-0.39, 0.29) is 12.4 Å². The summed E-state index contributed by atoms with van der Waals surface area (Å²) >= 11 is 0. The van der Waals surface area contributed by atoms with E-state index in [1.165, 1.54) is 48.4 Å². The standard InChI is InChI=1S/C18H23N.ClH/c1-19-14-18(11-5-2-6-12-18)17-10-9-15-7-3-4-8-16(15)13-17;/h3-4,7-10,13,19H,2,5-6,11-12,14H2,1H3;1H. The summed E-state index contributed by atoms with van der Waals surface area (Å²) in [6.07, 6.45) is 6.79. The third-order valence-electron chi connectivity index (χ3n) is 4.69. The van der Waals surface area contributed by atoms with Crippen molar-refractivity contribution in [2.45, 2.75) is 37.5 Å². The Kier molecular flexibility index (Phi) is 5.06. The minimum Gasteiger partial charge on any atom is -0.319 e. The highest BCUT2D eigenvalue weighted by atomic mass is 35.5. The van der Waals surface area contributed by atoms with Gasteiger partial charge in [0.05, 0.1) is 0 Å². The van der Waals surface area contributed by atoms with Crippen LogP contribution in [-0.4, -0.2) is 13.6 Å². The van der Waals surface area contributed by atoms with Gasteiger partial charge in [-0.1, -0.05) is 61.7 Å². The van der Waals surface area contributed by atoms with Gasteiger partial charge in [0, 0.05) is 12.0 Å². The first-order valence-electron chi connectivity index (χ1n) is 7.48. The molecule has 0 aliphatic heterocycles. The quantitative estimate of drug-likeness (QED) is 0.865. The Morgan fingerprint density at radius 2 is 1.65 bits per heavy atom. The fraction of sp³-hybridized carbons (Fsp3) is 0.444. The molecule has 0 radical (unpaired) electrons. The number of nitrogens with one attached hydrogen (secondary N) is 1. The molecule has 1 saturated carbocycles. The summed E-state index contributed by atoms with van der Waals surface area (Å²) < 4.78 is 0. The maximum Gasteiger partial charge on any atom is 0.00778 e. The van der Waals surface area contributed by atoms with Crippen LogP contribution in [0, 0.1) is 0 Å². The van der Waals surface area contributed by atoms with Crippen molar-refractivity contribution in [2.24, 2.45) is 0 Å². The van der Waals surface area contributed by atoms with E-state index in [1.54, 1.807) is 0 Å². The van der Waals surface area contributed by atoms with Crippen LogP contribution in [0.1, 0.15) is 37.7 Å². The number of likely N-dealkylation sites (N-methyl/N-ethyl adjacent to an activating group) is 1. The van der Waals surface area contributed by atoms with E-state index in [0.717, 1.165) is 6.54 Å². The molecule has 1 fully saturated rings. The van der Waals surface area contributed by atoms with Gasteiger partial charge >= 0.3 is 0 Å². The predicted octanol–water partition coefficient (Wildman–Crippen LogP) is 4.68. The fourth-order valence-corrected chi connectivity index (χ4v) is 3.65. The van der Waals surface area contributed by atoms with Crippen LogP contribution in [0.25, 0.3) is 10.8 Å². The van der Waals surface area contributed by atoms with Crippen molar-refractivity contribution in [2.75, 3.05) is 13.6 Å². The Hall–Kier alpha value is -1.05. The molecule has 0 spiro atoms. The van der Waals surface area contributed by atoms with Gasteiger partial charge in [0.2, 0.25) is 0 Å². The maximum absolute atomic E-state index is 3.42. The Bertz CT molecular complexity index is 553. The third-order valence-corrected chi connectivity index (χ3v) is 4.69. The number of fused-ring (bicyclic) bond motifs is 1. The zero-order valence-electron chi connectivity index (χ0n) is 12.2. The topological polar surface area (TPSA) is 12.0 Å². The molecule has 0 unspecified atom stereocenters. The number of hydrogen-bond donors (Lipinski definition) is 1. The average molecular weight is 290 g/mol. The molecule has 3 rings (SSSR count). The van der Waals surface area contributed by atoms with Crippen molar-refractivity contribution < 1.29 is 0 Å². The van der Waals surface area contributed by atoms with Gasteiger partial charge in [-0.15, -0.1) is 12.4 Å². The first-order chi connectivity index (χ1) is 9.34. The van der Waals surface area contributed by atoms with E-state index in [9.17, 15) is 0 Å². The van der Waals surface area contributed by atoms with Crippen molar-refractivity contribution in [3.8, 4) is 0 Å².